The molecule has 0 spiro atoms. The summed E-state index contributed by atoms with van der Waals surface area (Å²) in [7, 11) is -2.29. The molecule has 0 saturated heterocycles. The molecule has 3 aromatic carbocycles. The number of hydrogen-bond acceptors (Lipinski definition) is 7. The van der Waals surface area contributed by atoms with Gasteiger partial charge < -0.3 is 24.3 Å². The standard InChI is InChI=1S/C24H23ClN2O7S/c1-31-20-5-3-4-6-22(20)34-19-9-7-16(25)13-18(19)26-24(28)15-27(35(2,29)30)17-8-10-21-23(14-17)33-12-11-32-21/h3-10,13-14H,11-12,15H2,1-2H3,(H,26,28). The van der Waals surface area contributed by atoms with Gasteiger partial charge in [0.1, 0.15) is 19.8 Å². The molecule has 0 atom stereocenters. The van der Waals surface area contributed by atoms with Crippen molar-refractivity contribution in [3.05, 3.63) is 65.7 Å². The highest BCUT2D eigenvalue weighted by Gasteiger charge is 2.24. The van der Waals surface area contributed by atoms with Gasteiger partial charge in [-0.1, -0.05) is 23.7 Å². The molecule has 0 radical (unpaired) electrons. The molecule has 0 unspecified atom stereocenters. The van der Waals surface area contributed by atoms with Crippen LogP contribution in [0, 0.1) is 0 Å². The third-order valence-electron chi connectivity index (χ3n) is 5.01. The van der Waals surface area contributed by atoms with Gasteiger partial charge in [-0.05, 0) is 42.5 Å². The summed E-state index contributed by atoms with van der Waals surface area (Å²) in [4.78, 5) is 13.0. The van der Waals surface area contributed by atoms with Crippen LogP contribution >= 0.6 is 11.6 Å². The van der Waals surface area contributed by atoms with Gasteiger partial charge in [-0.15, -0.1) is 0 Å². The van der Waals surface area contributed by atoms with Crippen LogP contribution in [-0.4, -0.2) is 47.4 Å². The molecule has 1 N–H and O–H groups in total. The molecule has 9 nitrogen and oxygen atoms in total. The molecule has 35 heavy (non-hydrogen) atoms. The number of sulfonamides is 1. The number of hydrogen-bond donors (Lipinski definition) is 1. The van der Waals surface area contributed by atoms with E-state index >= 15 is 0 Å². The van der Waals surface area contributed by atoms with E-state index in [2.05, 4.69) is 5.32 Å². The second-order valence-corrected chi connectivity index (χ2v) is 9.88. The first-order valence-corrected chi connectivity index (χ1v) is 12.7. The zero-order valence-electron chi connectivity index (χ0n) is 19.0. The number of rotatable bonds is 8. The lowest BCUT2D eigenvalue weighted by Crippen LogP contribution is -2.37. The van der Waals surface area contributed by atoms with E-state index in [1.807, 2.05) is 0 Å². The van der Waals surface area contributed by atoms with Gasteiger partial charge in [0.15, 0.2) is 28.7 Å². The monoisotopic (exact) mass is 518 g/mol. The third-order valence-corrected chi connectivity index (χ3v) is 6.38. The number of nitrogens with one attached hydrogen (secondary N) is 1. The topological polar surface area (TPSA) is 103 Å². The van der Waals surface area contributed by atoms with E-state index in [4.69, 9.17) is 30.5 Å². The van der Waals surface area contributed by atoms with Gasteiger partial charge in [0.25, 0.3) is 0 Å². The van der Waals surface area contributed by atoms with E-state index in [-0.39, 0.29) is 11.4 Å². The molecule has 1 amide bonds. The predicted octanol–water partition coefficient (Wildman–Crippen LogP) is 4.32. The number of anilines is 2. The summed E-state index contributed by atoms with van der Waals surface area (Å²) in [6, 6.07) is 16.4. The summed E-state index contributed by atoms with van der Waals surface area (Å²) in [6.07, 6.45) is 1.02. The fraction of sp³-hybridized carbons (Fsp3) is 0.208. The lowest BCUT2D eigenvalue weighted by atomic mass is 10.2. The smallest absolute Gasteiger partial charge is 0.245 e. The minimum absolute atomic E-state index is 0.267. The molecule has 0 saturated carbocycles. The zero-order chi connectivity index (χ0) is 25.0. The number of fused-ring (bicyclic) bond motifs is 1. The van der Waals surface area contributed by atoms with Crippen LogP contribution in [0.5, 0.6) is 28.7 Å². The van der Waals surface area contributed by atoms with Crippen molar-refractivity contribution >= 4 is 38.9 Å². The van der Waals surface area contributed by atoms with Crippen molar-refractivity contribution in [2.24, 2.45) is 0 Å². The van der Waals surface area contributed by atoms with E-state index in [1.54, 1.807) is 48.5 Å². The van der Waals surface area contributed by atoms with Crippen molar-refractivity contribution in [1.29, 1.82) is 0 Å². The first-order chi connectivity index (χ1) is 16.7. The molecule has 0 fully saturated rings. The Morgan fingerprint density at radius 1 is 1.00 bits per heavy atom. The van der Waals surface area contributed by atoms with Crippen molar-refractivity contribution in [2.75, 3.05) is 42.7 Å². The van der Waals surface area contributed by atoms with Gasteiger partial charge in [-0.25, -0.2) is 8.42 Å². The number of halogens is 1. The highest BCUT2D eigenvalue weighted by atomic mass is 35.5. The summed E-state index contributed by atoms with van der Waals surface area (Å²) in [6.45, 7) is 0.266. The molecule has 0 bridgehead atoms. The van der Waals surface area contributed by atoms with Crippen molar-refractivity contribution < 1.29 is 32.2 Å². The van der Waals surface area contributed by atoms with Crippen molar-refractivity contribution in [1.82, 2.24) is 0 Å². The molecule has 1 aliphatic rings. The summed E-state index contributed by atoms with van der Waals surface area (Å²) in [5.74, 6) is 1.55. The largest absolute Gasteiger partial charge is 0.493 e. The quantitative estimate of drug-likeness (QED) is 0.473. The molecule has 11 heteroatoms. The minimum Gasteiger partial charge on any atom is -0.493 e. The van der Waals surface area contributed by atoms with E-state index in [0.29, 0.717) is 47.0 Å². The molecular weight excluding hydrogens is 496 g/mol. The van der Waals surface area contributed by atoms with Gasteiger partial charge in [0.05, 0.1) is 24.7 Å². The number of nitrogens with zero attached hydrogens (tertiary/aromatic N) is 1. The van der Waals surface area contributed by atoms with Crippen LogP contribution in [0.25, 0.3) is 0 Å². The Hall–Kier alpha value is -3.63. The number of carbonyl (C=O) groups is 1. The summed E-state index contributed by atoms with van der Waals surface area (Å²) >= 11 is 6.14. The number of methoxy groups -OCH3 is 1. The lowest BCUT2D eigenvalue weighted by Gasteiger charge is -2.25. The van der Waals surface area contributed by atoms with Gasteiger partial charge in [0.2, 0.25) is 15.9 Å². The average Bonchev–Trinajstić information content (AvgIpc) is 2.83. The SMILES string of the molecule is COc1ccccc1Oc1ccc(Cl)cc1NC(=O)CN(c1ccc2c(c1)OCCO2)S(C)(=O)=O. The van der Waals surface area contributed by atoms with Crippen molar-refractivity contribution in [2.45, 2.75) is 0 Å². The molecule has 0 aromatic heterocycles. The van der Waals surface area contributed by atoms with E-state index < -0.39 is 22.5 Å². The summed E-state index contributed by atoms with van der Waals surface area (Å²) < 4.78 is 48.3. The van der Waals surface area contributed by atoms with Crippen LogP contribution in [0.4, 0.5) is 11.4 Å². The first kappa shape index (κ1) is 24.5. The molecule has 1 heterocycles. The third kappa shape index (κ3) is 5.90. The van der Waals surface area contributed by atoms with E-state index in [1.165, 1.54) is 19.2 Å². The van der Waals surface area contributed by atoms with Crippen LogP contribution in [0.3, 0.4) is 0 Å². The molecule has 4 rings (SSSR count). The van der Waals surface area contributed by atoms with Crippen LogP contribution < -0.4 is 28.6 Å². The summed E-state index contributed by atoms with van der Waals surface area (Å²) in [5.41, 5.74) is 0.535. The van der Waals surface area contributed by atoms with Crippen LogP contribution in [0.1, 0.15) is 0 Å². The molecule has 0 aliphatic carbocycles. The number of carbonyl (C=O) groups excluding carboxylic acids is 1. The maximum absolute atomic E-state index is 13.0. The Bertz CT molecular complexity index is 1350. The number of benzene rings is 3. The second kappa shape index (κ2) is 10.3. The second-order valence-electron chi connectivity index (χ2n) is 7.54. The zero-order valence-corrected chi connectivity index (χ0v) is 20.6. The fourth-order valence-electron chi connectivity index (χ4n) is 3.42. The maximum Gasteiger partial charge on any atom is 0.245 e. The van der Waals surface area contributed by atoms with Gasteiger partial charge in [-0.2, -0.15) is 0 Å². The first-order valence-electron chi connectivity index (χ1n) is 10.5. The number of amides is 1. The van der Waals surface area contributed by atoms with Crippen molar-refractivity contribution in [3.63, 3.8) is 0 Å². The molecule has 184 valence electrons. The lowest BCUT2D eigenvalue weighted by molar-refractivity contribution is -0.114. The number of para-hydroxylation sites is 2. The predicted molar refractivity (Wildman–Crippen MR) is 133 cm³/mol. The molecular formula is C24H23ClN2O7S. The Kier molecular flexibility index (Phi) is 7.23. The Morgan fingerprint density at radius 2 is 1.71 bits per heavy atom. The Labute approximate surface area is 208 Å². The highest BCUT2D eigenvalue weighted by Crippen LogP contribution is 2.37. The Balaban J connectivity index is 1.57. The minimum atomic E-state index is -3.81. The molecule has 3 aromatic rings. The highest BCUT2D eigenvalue weighted by molar-refractivity contribution is 7.92. The fourth-order valence-corrected chi connectivity index (χ4v) is 4.44. The van der Waals surface area contributed by atoms with Gasteiger partial charge in [-0.3, -0.25) is 9.10 Å². The van der Waals surface area contributed by atoms with Crippen LogP contribution in [0.2, 0.25) is 5.02 Å². The Morgan fingerprint density at radius 3 is 2.43 bits per heavy atom. The average molecular weight is 519 g/mol. The van der Waals surface area contributed by atoms with Crippen molar-refractivity contribution in [3.8, 4) is 28.7 Å². The normalized spacial score (nSPS) is 12.5. The van der Waals surface area contributed by atoms with Crippen LogP contribution in [0.15, 0.2) is 60.7 Å². The van der Waals surface area contributed by atoms with E-state index in [0.717, 1.165) is 10.6 Å². The van der Waals surface area contributed by atoms with E-state index in [9.17, 15) is 13.2 Å². The van der Waals surface area contributed by atoms with Gasteiger partial charge >= 0.3 is 0 Å². The summed E-state index contributed by atoms with van der Waals surface area (Å²) in [5, 5.41) is 3.05. The van der Waals surface area contributed by atoms with Gasteiger partial charge in [0, 0.05) is 11.1 Å². The number of ether oxygens (including phenoxy) is 4. The maximum atomic E-state index is 13.0. The molecule has 1 aliphatic heterocycles. The van der Waals surface area contributed by atoms with Crippen LogP contribution in [-0.2, 0) is 14.8 Å².